The zero-order chi connectivity index (χ0) is 18.6. The largest absolute Gasteiger partial charge is 0.348 e. The Morgan fingerprint density at radius 1 is 1.00 bits per heavy atom. The van der Waals surface area contributed by atoms with E-state index in [4.69, 9.17) is 0 Å². The van der Waals surface area contributed by atoms with Crippen LogP contribution in [0.2, 0.25) is 0 Å². The fourth-order valence-electron chi connectivity index (χ4n) is 2.94. The lowest BCUT2D eigenvalue weighted by atomic mass is 10.2. The maximum absolute atomic E-state index is 12.4. The van der Waals surface area contributed by atoms with Crippen molar-refractivity contribution in [2.24, 2.45) is 4.99 Å². The fraction of sp³-hybridized carbons (Fsp3) is 0.0909. The zero-order valence-corrected chi connectivity index (χ0v) is 15.7. The van der Waals surface area contributed by atoms with E-state index in [-0.39, 0.29) is 6.03 Å². The molecule has 4 nitrogen and oxygen atoms in total. The maximum atomic E-state index is 12.4. The third-order valence-electron chi connectivity index (χ3n) is 4.24. The van der Waals surface area contributed by atoms with E-state index in [2.05, 4.69) is 52.1 Å². The molecule has 0 aliphatic heterocycles. The molecule has 0 spiro atoms. The van der Waals surface area contributed by atoms with Gasteiger partial charge < -0.3 is 9.88 Å². The van der Waals surface area contributed by atoms with Gasteiger partial charge >= 0.3 is 6.03 Å². The third-order valence-corrected chi connectivity index (χ3v) is 5.29. The first-order valence-electron chi connectivity index (χ1n) is 8.74. The number of thiazole rings is 1. The molecule has 0 atom stereocenters. The number of rotatable bonds is 3. The summed E-state index contributed by atoms with van der Waals surface area (Å²) in [5.41, 5.74) is 4.18. The maximum Gasteiger partial charge on any atom is 0.348 e. The molecule has 1 N–H and O–H groups in total. The number of hydrogen-bond acceptors (Lipinski definition) is 2. The number of urea groups is 1. The second-order valence-electron chi connectivity index (χ2n) is 6.34. The van der Waals surface area contributed by atoms with Crippen LogP contribution in [0.3, 0.4) is 0 Å². The molecule has 0 unspecified atom stereocenters. The number of aryl methyl sites for hydroxylation is 1. The smallest absolute Gasteiger partial charge is 0.312 e. The summed E-state index contributed by atoms with van der Waals surface area (Å²) in [7, 11) is 0. The van der Waals surface area contributed by atoms with Crippen LogP contribution >= 0.6 is 11.3 Å². The van der Waals surface area contributed by atoms with Crippen molar-refractivity contribution in [2.75, 3.05) is 5.32 Å². The van der Waals surface area contributed by atoms with Crippen LogP contribution in [0.4, 0.5) is 10.5 Å². The number of fused-ring (bicyclic) bond motifs is 1. The highest BCUT2D eigenvalue weighted by Gasteiger charge is 2.09. The standard InChI is InChI=1S/C22H19N3OS/c1-16-12-13-19-20(14-16)27-22(25(19)15-17-8-4-2-5-9-17)24-21(26)23-18-10-6-3-7-11-18/h2-14H,15H2,1H3,(H,23,26)/b24-22+. The monoisotopic (exact) mass is 373 g/mol. The summed E-state index contributed by atoms with van der Waals surface area (Å²) in [5.74, 6) is 0. The van der Waals surface area contributed by atoms with E-state index in [9.17, 15) is 4.79 Å². The normalized spacial score (nSPS) is 11.7. The molecule has 0 saturated heterocycles. The van der Waals surface area contributed by atoms with Crippen molar-refractivity contribution < 1.29 is 4.79 Å². The molecule has 0 aliphatic rings. The first-order chi connectivity index (χ1) is 13.2. The average Bonchev–Trinajstić information content (AvgIpc) is 2.99. The molecule has 0 aliphatic carbocycles. The molecule has 1 aromatic heterocycles. The van der Waals surface area contributed by atoms with Gasteiger partial charge in [-0.2, -0.15) is 4.99 Å². The Morgan fingerprint density at radius 2 is 1.70 bits per heavy atom. The van der Waals surface area contributed by atoms with Gasteiger partial charge in [0.1, 0.15) is 0 Å². The number of aromatic nitrogens is 1. The van der Waals surface area contributed by atoms with Gasteiger partial charge in [-0.05, 0) is 42.3 Å². The van der Waals surface area contributed by atoms with Crippen LogP contribution in [-0.4, -0.2) is 10.6 Å². The van der Waals surface area contributed by atoms with E-state index in [0.29, 0.717) is 11.3 Å². The highest BCUT2D eigenvalue weighted by atomic mass is 32.1. The Balaban J connectivity index is 1.76. The van der Waals surface area contributed by atoms with E-state index in [1.807, 2.05) is 48.5 Å². The van der Waals surface area contributed by atoms with Crippen molar-refractivity contribution in [1.82, 2.24) is 4.57 Å². The molecule has 3 aromatic carbocycles. The summed E-state index contributed by atoms with van der Waals surface area (Å²) in [5, 5.41) is 2.82. The number of carbonyl (C=O) groups excluding carboxylic acids is 1. The second kappa shape index (κ2) is 7.60. The quantitative estimate of drug-likeness (QED) is 0.528. The molecule has 5 heteroatoms. The predicted molar refractivity (Wildman–Crippen MR) is 111 cm³/mol. The van der Waals surface area contributed by atoms with E-state index >= 15 is 0 Å². The van der Waals surface area contributed by atoms with Crippen LogP contribution in [0, 0.1) is 6.92 Å². The molecule has 1 heterocycles. The summed E-state index contributed by atoms with van der Waals surface area (Å²) >= 11 is 1.53. The van der Waals surface area contributed by atoms with Crippen LogP contribution < -0.4 is 10.1 Å². The fourth-order valence-corrected chi connectivity index (χ4v) is 4.07. The third kappa shape index (κ3) is 3.99. The number of hydrogen-bond donors (Lipinski definition) is 1. The molecule has 0 radical (unpaired) electrons. The molecule has 4 aromatic rings. The SMILES string of the molecule is Cc1ccc2c(c1)s/c(=N/C(=O)Nc1ccccc1)n2Cc1ccccc1. The molecule has 27 heavy (non-hydrogen) atoms. The first-order valence-corrected chi connectivity index (χ1v) is 9.55. The van der Waals surface area contributed by atoms with E-state index in [1.54, 1.807) is 0 Å². The van der Waals surface area contributed by atoms with Gasteiger partial charge in [-0.3, -0.25) is 0 Å². The highest BCUT2D eigenvalue weighted by Crippen LogP contribution is 2.20. The average molecular weight is 373 g/mol. The van der Waals surface area contributed by atoms with Crippen LogP contribution in [0.1, 0.15) is 11.1 Å². The number of carbonyl (C=O) groups is 1. The molecular formula is C22H19N3OS. The summed E-state index contributed by atoms with van der Waals surface area (Å²) < 4.78 is 3.22. The summed E-state index contributed by atoms with van der Waals surface area (Å²) in [6.07, 6.45) is 0. The number of amides is 2. The lowest BCUT2D eigenvalue weighted by Crippen LogP contribution is -2.19. The topological polar surface area (TPSA) is 46.4 Å². The van der Waals surface area contributed by atoms with Crippen LogP contribution in [0.5, 0.6) is 0 Å². The van der Waals surface area contributed by atoms with Gasteiger partial charge in [-0.15, -0.1) is 0 Å². The summed E-state index contributed by atoms with van der Waals surface area (Å²) in [6.45, 7) is 2.74. The summed E-state index contributed by atoms with van der Waals surface area (Å²) in [6, 6.07) is 25.5. The van der Waals surface area contributed by atoms with Crippen molar-refractivity contribution in [3.05, 3.63) is 94.8 Å². The first kappa shape index (κ1) is 17.2. The minimum Gasteiger partial charge on any atom is -0.312 e. The molecule has 4 rings (SSSR count). The predicted octanol–water partition coefficient (Wildman–Crippen LogP) is 5.19. The minimum absolute atomic E-state index is 0.369. The Hall–Kier alpha value is -3.18. The molecule has 0 saturated carbocycles. The summed E-state index contributed by atoms with van der Waals surface area (Å²) in [4.78, 5) is 17.5. The Labute approximate surface area is 161 Å². The van der Waals surface area contributed by atoms with Crippen molar-refractivity contribution in [3.8, 4) is 0 Å². The van der Waals surface area contributed by atoms with Gasteiger partial charge in [-0.1, -0.05) is 65.9 Å². The zero-order valence-electron chi connectivity index (χ0n) is 14.9. The number of nitrogens with zero attached hydrogens (tertiary/aromatic N) is 2. The molecule has 0 bridgehead atoms. The van der Waals surface area contributed by atoms with Gasteiger partial charge in [0.15, 0.2) is 4.80 Å². The highest BCUT2D eigenvalue weighted by molar-refractivity contribution is 7.16. The molecular weight excluding hydrogens is 354 g/mol. The van der Waals surface area contributed by atoms with Crippen LogP contribution in [0.25, 0.3) is 10.2 Å². The second-order valence-corrected chi connectivity index (χ2v) is 7.34. The van der Waals surface area contributed by atoms with Gasteiger partial charge in [-0.25, -0.2) is 4.79 Å². The van der Waals surface area contributed by atoms with Gasteiger partial charge in [0.2, 0.25) is 0 Å². The Bertz CT molecular complexity index is 1140. The van der Waals surface area contributed by atoms with Crippen molar-refractivity contribution in [1.29, 1.82) is 0 Å². The van der Waals surface area contributed by atoms with Crippen molar-refractivity contribution in [3.63, 3.8) is 0 Å². The Morgan fingerprint density at radius 3 is 2.44 bits per heavy atom. The lowest BCUT2D eigenvalue weighted by molar-refractivity contribution is 0.259. The van der Waals surface area contributed by atoms with Crippen molar-refractivity contribution >= 4 is 33.3 Å². The van der Waals surface area contributed by atoms with Crippen molar-refractivity contribution in [2.45, 2.75) is 13.5 Å². The lowest BCUT2D eigenvalue weighted by Gasteiger charge is -2.06. The molecule has 0 fully saturated rings. The van der Waals surface area contributed by atoms with Crippen LogP contribution in [-0.2, 0) is 6.54 Å². The van der Waals surface area contributed by atoms with Crippen LogP contribution in [0.15, 0.2) is 83.9 Å². The van der Waals surface area contributed by atoms with E-state index < -0.39 is 0 Å². The molecule has 134 valence electrons. The van der Waals surface area contributed by atoms with E-state index in [0.717, 1.165) is 15.9 Å². The minimum atomic E-state index is -0.369. The number of nitrogens with one attached hydrogen (secondary N) is 1. The molecule has 2 amide bonds. The number of para-hydroxylation sites is 1. The number of anilines is 1. The van der Waals surface area contributed by atoms with E-state index in [1.165, 1.54) is 22.5 Å². The Kier molecular flexibility index (Phi) is 4.85. The van der Waals surface area contributed by atoms with Gasteiger partial charge in [0, 0.05) is 5.69 Å². The van der Waals surface area contributed by atoms with Gasteiger partial charge in [0.25, 0.3) is 0 Å². The number of benzene rings is 3. The van der Waals surface area contributed by atoms with Gasteiger partial charge in [0.05, 0.1) is 16.8 Å².